The number of aromatic nitrogens is 2. The van der Waals surface area contributed by atoms with Gasteiger partial charge in [-0.05, 0) is 17.5 Å². The summed E-state index contributed by atoms with van der Waals surface area (Å²) in [5.41, 5.74) is 8.04. The van der Waals surface area contributed by atoms with E-state index < -0.39 is 0 Å². The Balaban J connectivity index is 2.08. The van der Waals surface area contributed by atoms with Gasteiger partial charge < -0.3 is 16.0 Å². The summed E-state index contributed by atoms with van der Waals surface area (Å²) in [5.74, 6) is 1.27. The molecule has 1 aliphatic rings. The van der Waals surface area contributed by atoms with Crippen LogP contribution in [-0.2, 0) is 13.0 Å². The van der Waals surface area contributed by atoms with E-state index in [0.717, 1.165) is 41.6 Å². The third-order valence-corrected chi connectivity index (χ3v) is 4.03. The Morgan fingerprint density at radius 1 is 1.44 bits per heavy atom. The van der Waals surface area contributed by atoms with Crippen LogP contribution in [0.1, 0.15) is 11.3 Å². The molecule has 2 aromatic rings. The van der Waals surface area contributed by atoms with Crippen molar-refractivity contribution in [3.8, 4) is 0 Å². The third kappa shape index (κ3) is 1.93. The fourth-order valence-electron chi connectivity index (χ4n) is 2.19. The van der Waals surface area contributed by atoms with Gasteiger partial charge in [0, 0.05) is 32.1 Å². The van der Waals surface area contributed by atoms with Crippen LogP contribution in [0.2, 0.25) is 0 Å². The number of nitrogens with two attached hydrogens (primary N) is 1. The molecule has 0 radical (unpaired) electrons. The lowest BCUT2D eigenvalue weighted by molar-refractivity contribution is 0.627. The van der Waals surface area contributed by atoms with E-state index in [9.17, 15) is 0 Å². The summed E-state index contributed by atoms with van der Waals surface area (Å²) in [5, 5.41) is 6.57. The minimum Gasteiger partial charge on any atom is -0.368 e. The predicted octanol–water partition coefficient (Wildman–Crippen LogP) is 1.53. The number of hydrogen-bond donors (Lipinski definition) is 2. The highest BCUT2D eigenvalue weighted by Crippen LogP contribution is 2.31. The van der Waals surface area contributed by atoms with E-state index in [1.54, 1.807) is 11.3 Å². The number of rotatable bonds is 2. The predicted molar refractivity (Wildman–Crippen MR) is 74.2 cm³/mol. The first-order valence-corrected chi connectivity index (χ1v) is 6.77. The highest BCUT2D eigenvalue weighted by atomic mass is 32.1. The smallest absolute Gasteiger partial charge is 0.222 e. The highest BCUT2D eigenvalue weighted by Gasteiger charge is 2.20. The molecule has 0 saturated carbocycles. The normalized spacial score (nSPS) is 14.3. The largest absolute Gasteiger partial charge is 0.368 e. The molecule has 1 aliphatic heterocycles. The first-order chi connectivity index (χ1) is 8.75. The van der Waals surface area contributed by atoms with Gasteiger partial charge in [0.15, 0.2) is 0 Å². The maximum absolute atomic E-state index is 5.81. The Hall–Kier alpha value is -1.66. The van der Waals surface area contributed by atoms with E-state index in [4.69, 9.17) is 5.73 Å². The second-order valence-electron chi connectivity index (χ2n) is 4.27. The molecule has 0 saturated heterocycles. The lowest BCUT2D eigenvalue weighted by Gasteiger charge is -2.24. The summed E-state index contributed by atoms with van der Waals surface area (Å²) < 4.78 is 0. The van der Waals surface area contributed by atoms with E-state index in [1.807, 2.05) is 13.1 Å². The molecule has 5 nitrogen and oxygen atoms in total. The van der Waals surface area contributed by atoms with Crippen molar-refractivity contribution in [1.82, 2.24) is 15.3 Å². The van der Waals surface area contributed by atoms with Crippen molar-refractivity contribution in [2.24, 2.45) is 0 Å². The average molecular weight is 261 g/mol. The summed E-state index contributed by atoms with van der Waals surface area (Å²) >= 11 is 1.69. The third-order valence-electron chi connectivity index (χ3n) is 3.08. The van der Waals surface area contributed by atoms with E-state index >= 15 is 0 Å². The summed E-state index contributed by atoms with van der Waals surface area (Å²) in [6.07, 6.45) is 0.910. The topological polar surface area (TPSA) is 67.1 Å². The van der Waals surface area contributed by atoms with E-state index in [1.165, 1.54) is 0 Å². The van der Waals surface area contributed by atoms with Crippen LogP contribution in [0.25, 0.3) is 0 Å². The summed E-state index contributed by atoms with van der Waals surface area (Å²) in [4.78, 5) is 10.8. The standard InChI is InChI=1S/C12H15N5S/c1-17(10-3-2-6-18-10)11-8-7-14-5-4-9(8)15-12(13)16-11/h2-3,6,14H,4-5,7H2,1H3,(H2,13,15,16). The molecule has 3 heterocycles. The molecule has 0 bridgehead atoms. The molecule has 0 unspecified atom stereocenters. The van der Waals surface area contributed by atoms with Crippen molar-refractivity contribution in [3.05, 3.63) is 28.8 Å². The van der Waals surface area contributed by atoms with Crippen LogP contribution in [0.3, 0.4) is 0 Å². The molecule has 6 heteroatoms. The number of nitrogen functional groups attached to an aromatic ring is 1. The number of anilines is 3. The number of hydrogen-bond acceptors (Lipinski definition) is 6. The van der Waals surface area contributed by atoms with Gasteiger partial charge in [-0.1, -0.05) is 0 Å². The molecule has 3 N–H and O–H groups in total. The summed E-state index contributed by atoms with van der Waals surface area (Å²) in [6.45, 7) is 1.76. The van der Waals surface area contributed by atoms with Gasteiger partial charge in [-0.15, -0.1) is 11.3 Å². The van der Waals surface area contributed by atoms with Gasteiger partial charge in [-0.25, -0.2) is 4.98 Å². The zero-order valence-electron chi connectivity index (χ0n) is 10.2. The first-order valence-electron chi connectivity index (χ1n) is 5.89. The van der Waals surface area contributed by atoms with E-state index in [-0.39, 0.29) is 0 Å². The fourth-order valence-corrected chi connectivity index (χ4v) is 2.88. The Kier molecular flexibility index (Phi) is 2.89. The van der Waals surface area contributed by atoms with Crippen molar-refractivity contribution in [3.63, 3.8) is 0 Å². The van der Waals surface area contributed by atoms with Gasteiger partial charge >= 0.3 is 0 Å². The quantitative estimate of drug-likeness (QED) is 0.858. The van der Waals surface area contributed by atoms with Crippen LogP contribution in [0, 0.1) is 0 Å². The monoisotopic (exact) mass is 261 g/mol. The molecule has 0 amide bonds. The van der Waals surface area contributed by atoms with Gasteiger partial charge in [0.05, 0.1) is 10.7 Å². The maximum atomic E-state index is 5.81. The van der Waals surface area contributed by atoms with Gasteiger partial charge in [-0.2, -0.15) is 4.98 Å². The van der Waals surface area contributed by atoms with Crippen LogP contribution in [0.4, 0.5) is 16.8 Å². The number of fused-ring (bicyclic) bond motifs is 1. The molecular formula is C12H15N5S. The van der Waals surface area contributed by atoms with Crippen LogP contribution >= 0.6 is 11.3 Å². The van der Waals surface area contributed by atoms with Crippen molar-refractivity contribution >= 4 is 28.1 Å². The number of nitrogens with zero attached hydrogens (tertiary/aromatic N) is 3. The average Bonchev–Trinajstić information content (AvgIpc) is 2.90. The number of nitrogens with one attached hydrogen (secondary N) is 1. The molecule has 0 aliphatic carbocycles. The van der Waals surface area contributed by atoms with Crippen molar-refractivity contribution in [2.45, 2.75) is 13.0 Å². The minimum atomic E-state index is 0.356. The molecule has 0 fully saturated rings. The van der Waals surface area contributed by atoms with Crippen molar-refractivity contribution in [2.75, 3.05) is 24.2 Å². The van der Waals surface area contributed by atoms with Crippen molar-refractivity contribution in [1.29, 1.82) is 0 Å². The van der Waals surface area contributed by atoms with Gasteiger partial charge in [0.1, 0.15) is 5.82 Å². The maximum Gasteiger partial charge on any atom is 0.222 e. The van der Waals surface area contributed by atoms with Crippen molar-refractivity contribution < 1.29 is 0 Å². The lowest BCUT2D eigenvalue weighted by atomic mass is 10.1. The molecule has 18 heavy (non-hydrogen) atoms. The molecular weight excluding hydrogens is 246 g/mol. The molecule has 0 atom stereocenters. The zero-order valence-corrected chi connectivity index (χ0v) is 11.0. The van der Waals surface area contributed by atoms with Crippen LogP contribution in [-0.4, -0.2) is 23.6 Å². The highest BCUT2D eigenvalue weighted by molar-refractivity contribution is 7.14. The first kappa shape index (κ1) is 11.4. The minimum absolute atomic E-state index is 0.356. The Bertz CT molecular complexity index is 552. The van der Waals surface area contributed by atoms with Crippen LogP contribution in [0.15, 0.2) is 17.5 Å². The van der Waals surface area contributed by atoms with E-state index in [0.29, 0.717) is 5.95 Å². The second-order valence-corrected chi connectivity index (χ2v) is 5.19. The zero-order chi connectivity index (χ0) is 12.5. The van der Waals surface area contributed by atoms with Crippen LogP contribution in [0.5, 0.6) is 0 Å². The lowest BCUT2D eigenvalue weighted by Crippen LogP contribution is -2.28. The van der Waals surface area contributed by atoms with Gasteiger partial charge in [-0.3, -0.25) is 0 Å². The van der Waals surface area contributed by atoms with E-state index in [2.05, 4.69) is 31.6 Å². The summed E-state index contributed by atoms with van der Waals surface area (Å²) in [6, 6.07) is 4.11. The molecule has 94 valence electrons. The Morgan fingerprint density at radius 2 is 2.33 bits per heavy atom. The Labute approximate surface area is 110 Å². The molecule has 0 spiro atoms. The second kappa shape index (κ2) is 4.55. The molecule has 2 aromatic heterocycles. The SMILES string of the molecule is CN(c1cccs1)c1nc(N)nc2c1CNCC2. The molecule has 3 rings (SSSR count). The summed E-state index contributed by atoms with van der Waals surface area (Å²) in [7, 11) is 2.02. The molecule has 0 aromatic carbocycles. The Morgan fingerprint density at radius 3 is 3.11 bits per heavy atom. The van der Waals surface area contributed by atoms with Crippen LogP contribution < -0.4 is 16.0 Å². The van der Waals surface area contributed by atoms with Gasteiger partial charge in [0.2, 0.25) is 5.95 Å². The number of thiophene rings is 1. The fraction of sp³-hybridized carbons (Fsp3) is 0.333. The van der Waals surface area contributed by atoms with Gasteiger partial charge in [0.25, 0.3) is 0 Å².